The summed E-state index contributed by atoms with van der Waals surface area (Å²) in [6.07, 6.45) is 7.93. The Morgan fingerprint density at radius 2 is 1.64 bits per heavy atom. The summed E-state index contributed by atoms with van der Waals surface area (Å²) in [7, 11) is -3.33. The van der Waals surface area contributed by atoms with Gasteiger partial charge in [0.15, 0.2) is 9.84 Å². The number of hydrogen-bond donors (Lipinski definition) is 5. The summed E-state index contributed by atoms with van der Waals surface area (Å²) < 4.78 is 67.9. The van der Waals surface area contributed by atoms with Gasteiger partial charge in [-0.1, -0.05) is 30.5 Å². The Labute approximate surface area is 419 Å². The number of piperazine rings is 1. The fourth-order valence-electron chi connectivity index (χ4n) is 10.2. The lowest BCUT2D eigenvalue weighted by molar-refractivity contribution is -0.140. The first-order valence-electron chi connectivity index (χ1n) is 25.0. The maximum absolute atomic E-state index is 13.8. The van der Waals surface area contributed by atoms with Crippen molar-refractivity contribution in [1.29, 1.82) is 0 Å². The molecule has 14 nitrogen and oxygen atoms in total. The molecule has 3 aromatic heterocycles. The number of sulfone groups is 1. The molecule has 2 bridgehead atoms. The number of pyridine rings is 1. The van der Waals surface area contributed by atoms with Crippen LogP contribution in [0, 0.1) is 11.8 Å². The number of anilines is 3. The molecule has 3 fully saturated rings. The van der Waals surface area contributed by atoms with Crippen LogP contribution in [0.2, 0.25) is 0 Å². The quantitative estimate of drug-likeness (QED) is 0.0416. The topological polar surface area (TPSA) is 158 Å². The van der Waals surface area contributed by atoms with Gasteiger partial charge in [0.1, 0.15) is 18.7 Å². The minimum atomic E-state index is -4.45. The SMILES string of the molecule is CS(=O)(=O)c1ccc(NCC#Cc2cc3c(NC4CCN(CCCCCNC(=O)Cn5ccc6cc(C(=O)NCCc7ccc(N8C[C@H]9CC[C@@H](C8)N9)cc7)cnc65)CC4)cccc3n2CC(F)(F)F)cc1. The fourth-order valence-corrected chi connectivity index (χ4v) is 10.8. The molecule has 5 N–H and O–H groups in total. The van der Waals surface area contributed by atoms with Crippen molar-refractivity contribution in [3.8, 4) is 11.8 Å². The lowest BCUT2D eigenvalue weighted by atomic mass is 10.0. The number of nitrogens with one attached hydrogen (secondary N) is 5. The first-order valence-corrected chi connectivity index (χ1v) is 26.9. The monoisotopic (exact) mass is 1000 g/mol. The highest BCUT2D eigenvalue weighted by atomic mass is 32.2. The van der Waals surface area contributed by atoms with Crippen LogP contribution in [0.4, 0.5) is 30.2 Å². The van der Waals surface area contributed by atoms with Crippen molar-refractivity contribution < 1.29 is 31.2 Å². The highest BCUT2D eigenvalue weighted by molar-refractivity contribution is 7.90. The number of nitrogens with zero attached hydrogens (tertiary/aromatic N) is 5. The average molecular weight is 1010 g/mol. The van der Waals surface area contributed by atoms with E-state index in [-0.39, 0.29) is 41.5 Å². The highest BCUT2D eigenvalue weighted by Crippen LogP contribution is 2.32. The summed E-state index contributed by atoms with van der Waals surface area (Å²) in [5, 5.41) is 17.9. The molecule has 2 atom stereocenters. The molecule has 3 aliphatic rings. The summed E-state index contributed by atoms with van der Waals surface area (Å²) >= 11 is 0. The van der Waals surface area contributed by atoms with Crippen LogP contribution in [0.15, 0.2) is 102 Å². The Morgan fingerprint density at radius 1 is 0.875 bits per heavy atom. The number of alkyl halides is 3. The zero-order valence-corrected chi connectivity index (χ0v) is 41.4. The molecule has 0 aliphatic carbocycles. The minimum Gasteiger partial charge on any atom is -0.382 e. The lowest BCUT2D eigenvalue weighted by Gasteiger charge is -2.34. The van der Waals surface area contributed by atoms with Gasteiger partial charge in [-0.25, -0.2) is 13.4 Å². The van der Waals surface area contributed by atoms with Crippen molar-refractivity contribution in [2.24, 2.45) is 0 Å². The van der Waals surface area contributed by atoms with Gasteiger partial charge in [-0.3, -0.25) is 9.59 Å². The number of halogens is 3. The molecule has 3 aromatic carbocycles. The molecule has 3 aliphatic heterocycles. The van der Waals surface area contributed by atoms with Gasteiger partial charge in [0, 0.05) is 104 Å². The van der Waals surface area contributed by atoms with Crippen LogP contribution in [0.3, 0.4) is 0 Å². The van der Waals surface area contributed by atoms with Gasteiger partial charge in [0.25, 0.3) is 5.91 Å². The number of piperidine rings is 1. The molecule has 6 aromatic rings. The number of rotatable bonds is 19. The van der Waals surface area contributed by atoms with Crippen LogP contribution >= 0.6 is 0 Å². The van der Waals surface area contributed by atoms with Gasteiger partial charge in [-0.2, -0.15) is 13.2 Å². The second-order valence-electron chi connectivity index (χ2n) is 19.4. The number of fused-ring (bicyclic) bond motifs is 4. The average Bonchev–Trinajstić information content (AvgIpc) is 4.04. The number of carbonyl (C=O) groups excluding carboxylic acids is 2. The Morgan fingerprint density at radius 3 is 2.38 bits per heavy atom. The van der Waals surface area contributed by atoms with E-state index < -0.39 is 22.6 Å². The molecular formula is C54H63F3N10O4S. The molecule has 2 amide bonds. The molecule has 18 heteroatoms. The number of likely N-dealkylation sites (tertiary alicyclic amines) is 1. The van der Waals surface area contributed by atoms with E-state index in [4.69, 9.17) is 0 Å². The van der Waals surface area contributed by atoms with Crippen LogP contribution in [0.1, 0.15) is 66.6 Å². The van der Waals surface area contributed by atoms with Gasteiger partial charge in [0.05, 0.1) is 28.2 Å². The summed E-state index contributed by atoms with van der Waals surface area (Å²) in [6.45, 7) is 5.07. The number of unbranched alkanes of at least 4 members (excludes halogenated alkanes) is 2. The third-order valence-corrected chi connectivity index (χ3v) is 15.1. The zero-order valence-electron chi connectivity index (χ0n) is 40.6. The molecule has 6 heterocycles. The first-order chi connectivity index (χ1) is 34.7. The molecule has 9 rings (SSSR count). The summed E-state index contributed by atoms with van der Waals surface area (Å²) in [6, 6.07) is 27.0. The van der Waals surface area contributed by atoms with Gasteiger partial charge in [-0.05, 0) is 130 Å². The van der Waals surface area contributed by atoms with Gasteiger partial charge in [0.2, 0.25) is 5.91 Å². The second kappa shape index (κ2) is 22.5. The van der Waals surface area contributed by atoms with Crippen LogP contribution in [0.25, 0.3) is 21.9 Å². The molecular weight excluding hydrogens is 942 g/mol. The molecule has 0 unspecified atom stereocenters. The van der Waals surface area contributed by atoms with E-state index in [2.05, 4.69) is 77.5 Å². The first kappa shape index (κ1) is 50.4. The molecule has 72 heavy (non-hydrogen) atoms. The maximum atomic E-state index is 13.8. The van der Waals surface area contributed by atoms with Gasteiger partial charge < -0.3 is 45.5 Å². The van der Waals surface area contributed by atoms with Crippen LogP contribution < -0.4 is 31.5 Å². The smallest absolute Gasteiger partial charge is 0.382 e. The van der Waals surface area contributed by atoms with E-state index >= 15 is 0 Å². The maximum Gasteiger partial charge on any atom is 0.406 e. The Hall–Kier alpha value is -6.55. The third-order valence-electron chi connectivity index (χ3n) is 14.0. The van der Waals surface area contributed by atoms with Crippen LogP contribution in [-0.2, 0) is 34.1 Å². The highest BCUT2D eigenvalue weighted by Gasteiger charge is 2.32. The van der Waals surface area contributed by atoms with E-state index in [1.807, 2.05) is 24.4 Å². The van der Waals surface area contributed by atoms with Crippen molar-refractivity contribution in [1.82, 2.24) is 35.0 Å². The van der Waals surface area contributed by atoms with E-state index in [1.54, 1.807) is 41.1 Å². The standard InChI is InChI=1S/C54H63F3N10O4S/c1-72(70,71)47-18-14-41(15-19-47)58-25-6-7-46-32-48-49(8-5-9-50(48)67(46)37-54(55,56)57)63-42-22-28-64(29-23-42)27-4-2-3-24-59-51(68)36-65-30-21-39-31-40(33-61-52(39)65)53(69)60-26-20-38-10-16-45(17-11-38)66-34-43-12-13-44(35-66)62-43/h5,8-11,14-19,21,30-33,42-44,58,62-63H,2-4,12-13,20,22-29,34-37H2,1H3,(H,59,68)(H,60,69)/t43-,44+. The molecule has 0 radical (unpaired) electrons. The number of amides is 2. The van der Waals surface area contributed by atoms with E-state index in [1.165, 1.54) is 40.8 Å². The number of benzene rings is 3. The fraction of sp³-hybridized carbons (Fsp3) is 0.426. The van der Waals surface area contributed by atoms with Crippen LogP contribution in [0.5, 0.6) is 0 Å². The Bertz CT molecular complexity index is 3020. The minimum absolute atomic E-state index is 0.0963. The van der Waals surface area contributed by atoms with E-state index in [9.17, 15) is 31.2 Å². The molecule has 0 spiro atoms. The van der Waals surface area contributed by atoms with Gasteiger partial charge in [-0.15, -0.1) is 0 Å². The van der Waals surface area contributed by atoms with E-state index in [0.29, 0.717) is 53.0 Å². The lowest BCUT2D eigenvalue weighted by Crippen LogP contribution is -2.51. The van der Waals surface area contributed by atoms with Crippen molar-refractivity contribution in [3.63, 3.8) is 0 Å². The molecule has 380 valence electrons. The Kier molecular flexibility index (Phi) is 15.7. The predicted octanol–water partition coefficient (Wildman–Crippen LogP) is 7.20. The zero-order chi connectivity index (χ0) is 50.2. The predicted molar refractivity (Wildman–Crippen MR) is 277 cm³/mol. The number of aromatic nitrogens is 3. The summed E-state index contributed by atoms with van der Waals surface area (Å²) in [4.78, 5) is 35.6. The molecule has 3 saturated heterocycles. The van der Waals surface area contributed by atoms with Crippen molar-refractivity contribution in [2.45, 2.75) is 93.7 Å². The Balaban J connectivity index is 0.666. The normalized spacial score (nSPS) is 17.5. The number of carbonyl (C=O) groups is 2. The molecule has 0 saturated carbocycles. The third kappa shape index (κ3) is 13.1. The number of hydrogen-bond acceptors (Lipinski definition) is 10. The van der Waals surface area contributed by atoms with Gasteiger partial charge >= 0.3 is 6.18 Å². The van der Waals surface area contributed by atoms with E-state index in [0.717, 1.165) is 88.6 Å². The summed E-state index contributed by atoms with van der Waals surface area (Å²) in [5.41, 5.74) is 5.68. The largest absolute Gasteiger partial charge is 0.406 e. The van der Waals surface area contributed by atoms with Crippen molar-refractivity contribution in [3.05, 3.63) is 114 Å². The summed E-state index contributed by atoms with van der Waals surface area (Å²) in [5.74, 6) is 5.58. The van der Waals surface area contributed by atoms with Crippen LogP contribution in [-0.4, -0.2) is 122 Å². The van der Waals surface area contributed by atoms with Crippen molar-refractivity contribution in [2.75, 3.05) is 74.1 Å². The second-order valence-corrected chi connectivity index (χ2v) is 21.4. The van der Waals surface area contributed by atoms with Crippen molar-refractivity contribution >= 4 is 60.7 Å².